The van der Waals surface area contributed by atoms with Gasteiger partial charge in [-0.3, -0.25) is 4.79 Å². The molecule has 1 fully saturated rings. The fourth-order valence-electron chi connectivity index (χ4n) is 1.64. The molecule has 1 aliphatic heterocycles. The summed E-state index contributed by atoms with van der Waals surface area (Å²) < 4.78 is 0. The predicted octanol–water partition coefficient (Wildman–Crippen LogP) is 0.649. The van der Waals surface area contributed by atoms with Gasteiger partial charge in [0.15, 0.2) is 5.11 Å². The summed E-state index contributed by atoms with van der Waals surface area (Å²) in [5.41, 5.74) is 0. The topological polar surface area (TPSA) is 44.4 Å². The molecule has 0 aromatic rings. The van der Waals surface area contributed by atoms with E-state index >= 15 is 0 Å². The van der Waals surface area contributed by atoms with Crippen molar-refractivity contribution in [3.05, 3.63) is 12.7 Å². The molecule has 0 spiro atoms. The second-order valence-electron chi connectivity index (χ2n) is 3.76. The van der Waals surface area contributed by atoms with Crippen LogP contribution in [-0.4, -0.2) is 42.1 Å². The molecule has 16 heavy (non-hydrogen) atoms. The maximum atomic E-state index is 11.3. The normalized spacial score (nSPS) is 15.0. The molecule has 0 aromatic heterocycles. The van der Waals surface area contributed by atoms with Gasteiger partial charge in [0, 0.05) is 32.6 Å². The lowest BCUT2D eigenvalue weighted by atomic mass is 10.4. The highest BCUT2D eigenvalue weighted by Crippen LogP contribution is 2.09. The molecule has 0 aromatic carbocycles. The Balaban J connectivity index is 2.00. The van der Waals surface area contributed by atoms with Crippen molar-refractivity contribution in [1.29, 1.82) is 0 Å². The monoisotopic (exact) mass is 241 g/mol. The van der Waals surface area contributed by atoms with Crippen molar-refractivity contribution < 1.29 is 4.79 Å². The number of carbonyl (C=O) groups is 1. The highest BCUT2D eigenvalue weighted by molar-refractivity contribution is 7.80. The minimum Gasteiger partial charge on any atom is -0.363 e. The third kappa shape index (κ3) is 4.61. The van der Waals surface area contributed by atoms with Gasteiger partial charge < -0.3 is 15.5 Å². The van der Waals surface area contributed by atoms with E-state index in [4.69, 9.17) is 12.2 Å². The Morgan fingerprint density at radius 1 is 1.56 bits per heavy atom. The summed E-state index contributed by atoms with van der Waals surface area (Å²) in [6, 6.07) is 0. The van der Waals surface area contributed by atoms with Crippen LogP contribution in [0, 0.1) is 0 Å². The average Bonchev–Trinajstić information content (AvgIpc) is 2.67. The van der Waals surface area contributed by atoms with E-state index in [1.54, 1.807) is 6.08 Å². The average molecular weight is 241 g/mol. The maximum Gasteiger partial charge on any atom is 0.222 e. The number of likely N-dealkylation sites (tertiary alicyclic amines) is 1. The summed E-state index contributed by atoms with van der Waals surface area (Å²) in [7, 11) is 0. The number of carbonyl (C=O) groups excluding carboxylic acids is 1. The Morgan fingerprint density at radius 3 is 3.00 bits per heavy atom. The number of nitrogens with zero attached hydrogens (tertiary/aromatic N) is 1. The first-order valence-electron chi connectivity index (χ1n) is 5.64. The molecular formula is C11H19N3OS. The fourth-order valence-corrected chi connectivity index (χ4v) is 1.83. The van der Waals surface area contributed by atoms with Gasteiger partial charge in [0.1, 0.15) is 0 Å². The Hall–Kier alpha value is -1.10. The van der Waals surface area contributed by atoms with Crippen LogP contribution in [0.25, 0.3) is 0 Å². The second kappa shape index (κ2) is 7.22. The summed E-state index contributed by atoms with van der Waals surface area (Å²) in [6.45, 7) is 6.82. The van der Waals surface area contributed by atoms with E-state index in [1.165, 1.54) is 0 Å². The fraction of sp³-hybridized carbons (Fsp3) is 0.636. The van der Waals surface area contributed by atoms with E-state index in [9.17, 15) is 4.79 Å². The van der Waals surface area contributed by atoms with E-state index < -0.39 is 0 Å². The summed E-state index contributed by atoms with van der Waals surface area (Å²) in [5.74, 6) is 0.285. The van der Waals surface area contributed by atoms with Crippen molar-refractivity contribution in [2.24, 2.45) is 0 Å². The molecule has 1 heterocycles. The molecular weight excluding hydrogens is 222 g/mol. The van der Waals surface area contributed by atoms with Crippen LogP contribution in [0.2, 0.25) is 0 Å². The zero-order valence-electron chi connectivity index (χ0n) is 9.50. The van der Waals surface area contributed by atoms with Crippen molar-refractivity contribution >= 4 is 23.2 Å². The minimum atomic E-state index is 0.285. The molecule has 0 atom stereocenters. The lowest BCUT2D eigenvalue weighted by Gasteiger charge is -2.15. The van der Waals surface area contributed by atoms with Crippen LogP contribution in [0.3, 0.4) is 0 Å². The highest BCUT2D eigenvalue weighted by atomic mass is 32.1. The number of amides is 1. The molecule has 0 aliphatic carbocycles. The van der Waals surface area contributed by atoms with E-state index in [0.29, 0.717) is 18.1 Å². The van der Waals surface area contributed by atoms with Gasteiger partial charge >= 0.3 is 0 Å². The SMILES string of the molecule is C=CCNC(=S)NCCCN1CCCC1=O. The van der Waals surface area contributed by atoms with Gasteiger partial charge in [0.25, 0.3) is 0 Å². The molecule has 1 saturated heterocycles. The largest absolute Gasteiger partial charge is 0.363 e. The number of nitrogens with one attached hydrogen (secondary N) is 2. The first-order valence-corrected chi connectivity index (χ1v) is 6.05. The van der Waals surface area contributed by atoms with Crippen LogP contribution >= 0.6 is 12.2 Å². The molecule has 4 nitrogen and oxygen atoms in total. The quantitative estimate of drug-likeness (QED) is 0.407. The van der Waals surface area contributed by atoms with Crippen LogP contribution in [-0.2, 0) is 4.79 Å². The predicted molar refractivity (Wildman–Crippen MR) is 69.2 cm³/mol. The van der Waals surface area contributed by atoms with Crippen molar-refractivity contribution in [2.45, 2.75) is 19.3 Å². The first-order chi connectivity index (χ1) is 7.74. The molecule has 0 saturated carbocycles. The van der Waals surface area contributed by atoms with E-state index in [2.05, 4.69) is 17.2 Å². The second-order valence-corrected chi connectivity index (χ2v) is 4.17. The molecule has 5 heteroatoms. The minimum absolute atomic E-state index is 0.285. The molecule has 0 bridgehead atoms. The zero-order chi connectivity index (χ0) is 11.8. The van der Waals surface area contributed by atoms with Gasteiger partial charge in [-0.05, 0) is 25.1 Å². The Kier molecular flexibility index (Phi) is 5.85. The van der Waals surface area contributed by atoms with Gasteiger partial charge in [-0.2, -0.15) is 0 Å². The van der Waals surface area contributed by atoms with Crippen molar-refractivity contribution in [3.8, 4) is 0 Å². The first kappa shape index (κ1) is 13.0. The Morgan fingerprint density at radius 2 is 2.38 bits per heavy atom. The number of hydrogen-bond acceptors (Lipinski definition) is 2. The van der Waals surface area contributed by atoms with Crippen LogP contribution in [0.4, 0.5) is 0 Å². The Labute approximate surface area is 102 Å². The maximum absolute atomic E-state index is 11.3. The lowest BCUT2D eigenvalue weighted by Crippen LogP contribution is -2.37. The van der Waals surface area contributed by atoms with Crippen molar-refractivity contribution in [2.75, 3.05) is 26.2 Å². The van der Waals surface area contributed by atoms with E-state index in [0.717, 1.165) is 32.5 Å². The third-order valence-electron chi connectivity index (χ3n) is 2.47. The Bertz CT molecular complexity index is 268. The molecule has 0 radical (unpaired) electrons. The van der Waals surface area contributed by atoms with Gasteiger partial charge in [-0.15, -0.1) is 6.58 Å². The van der Waals surface area contributed by atoms with E-state index in [1.807, 2.05) is 4.90 Å². The van der Waals surface area contributed by atoms with Gasteiger partial charge in [0.05, 0.1) is 0 Å². The smallest absolute Gasteiger partial charge is 0.222 e. The third-order valence-corrected chi connectivity index (χ3v) is 2.76. The highest BCUT2D eigenvalue weighted by Gasteiger charge is 2.18. The molecule has 2 N–H and O–H groups in total. The van der Waals surface area contributed by atoms with Crippen LogP contribution in [0.15, 0.2) is 12.7 Å². The molecule has 1 rings (SSSR count). The molecule has 90 valence electrons. The standard InChI is InChI=1S/C11H19N3OS/c1-2-6-12-11(16)13-7-4-9-14-8-3-5-10(14)15/h2H,1,3-9H2,(H2,12,13,16). The van der Waals surface area contributed by atoms with Crippen molar-refractivity contribution in [3.63, 3.8) is 0 Å². The lowest BCUT2D eigenvalue weighted by molar-refractivity contribution is -0.127. The summed E-state index contributed by atoms with van der Waals surface area (Å²) in [5, 5.41) is 6.73. The van der Waals surface area contributed by atoms with Crippen LogP contribution in [0.1, 0.15) is 19.3 Å². The van der Waals surface area contributed by atoms with Gasteiger partial charge in [-0.25, -0.2) is 0 Å². The number of rotatable bonds is 6. The molecule has 1 aliphatic rings. The van der Waals surface area contributed by atoms with Gasteiger partial charge in [0.2, 0.25) is 5.91 Å². The summed E-state index contributed by atoms with van der Waals surface area (Å²) in [4.78, 5) is 13.2. The summed E-state index contributed by atoms with van der Waals surface area (Å²) >= 11 is 5.04. The van der Waals surface area contributed by atoms with Crippen molar-refractivity contribution in [1.82, 2.24) is 15.5 Å². The number of hydrogen-bond donors (Lipinski definition) is 2. The van der Waals surface area contributed by atoms with Crippen LogP contribution < -0.4 is 10.6 Å². The van der Waals surface area contributed by atoms with Crippen LogP contribution in [0.5, 0.6) is 0 Å². The number of thiocarbonyl (C=S) groups is 1. The molecule has 1 amide bonds. The molecule has 0 unspecified atom stereocenters. The summed E-state index contributed by atoms with van der Waals surface area (Å²) in [6.07, 6.45) is 4.41. The van der Waals surface area contributed by atoms with Gasteiger partial charge in [-0.1, -0.05) is 6.08 Å². The zero-order valence-corrected chi connectivity index (χ0v) is 10.3. The van der Waals surface area contributed by atoms with E-state index in [-0.39, 0.29) is 5.91 Å².